The third-order valence-electron chi connectivity index (χ3n) is 12.3. The number of phenols is 1. The van der Waals surface area contributed by atoms with Crippen molar-refractivity contribution in [3.8, 4) is 28.1 Å². The zero-order valence-corrected chi connectivity index (χ0v) is 36.5. The minimum Gasteiger partial charge on any atom is -0.508 e. The first-order valence-corrected chi connectivity index (χ1v) is 21.6. The third kappa shape index (κ3) is 9.31. The number of benzene rings is 2. The van der Waals surface area contributed by atoms with E-state index >= 15 is 0 Å². The van der Waals surface area contributed by atoms with Gasteiger partial charge in [-0.15, -0.1) is 0 Å². The summed E-state index contributed by atoms with van der Waals surface area (Å²) in [5.74, 6) is -1.93. The molecule has 4 aromatic rings. The molecule has 2 fully saturated rings. The fourth-order valence-corrected chi connectivity index (χ4v) is 9.39. The number of esters is 1. The number of hydrogen-bond acceptors (Lipinski definition) is 10. The Morgan fingerprint density at radius 3 is 2.64 bits per heavy atom. The summed E-state index contributed by atoms with van der Waals surface area (Å²) in [7, 11) is 3.31. The lowest BCUT2D eigenvalue weighted by Gasteiger charge is -2.37. The van der Waals surface area contributed by atoms with E-state index < -0.39 is 41.3 Å². The van der Waals surface area contributed by atoms with Crippen LogP contribution in [0.25, 0.3) is 33.3 Å². The molecule has 1 unspecified atom stereocenters. The topological polar surface area (TPSA) is 167 Å². The molecule has 61 heavy (non-hydrogen) atoms. The number of nitrogens with zero attached hydrogens (tertiary/aromatic N) is 4. The molecule has 14 nitrogen and oxygen atoms in total. The van der Waals surface area contributed by atoms with Crippen LogP contribution in [0.1, 0.15) is 70.7 Å². The van der Waals surface area contributed by atoms with Crippen molar-refractivity contribution in [3.05, 3.63) is 71.5 Å². The highest BCUT2D eigenvalue weighted by Gasteiger charge is 2.39. The zero-order chi connectivity index (χ0) is 43.6. The van der Waals surface area contributed by atoms with Gasteiger partial charge in [0.2, 0.25) is 11.8 Å². The van der Waals surface area contributed by atoms with E-state index in [9.17, 15) is 24.3 Å². The summed E-state index contributed by atoms with van der Waals surface area (Å²) in [6.07, 6.45) is 4.07. The molecule has 5 heterocycles. The van der Waals surface area contributed by atoms with Gasteiger partial charge in [-0.2, -0.15) is 0 Å². The van der Waals surface area contributed by atoms with Crippen LogP contribution < -0.4 is 16.1 Å². The number of carbonyl (C=O) groups is 4. The fraction of sp³-hybridized carbons (Fsp3) is 0.511. The Morgan fingerprint density at radius 1 is 1.11 bits per heavy atom. The minimum absolute atomic E-state index is 0.0155. The van der Waals surface area contributed by atoms with Crippen molar-refractivity contribution in [2.45, 2.75) is 98.0 Å². The van der Waals surface area contributed by atoms with Crippen LogP contribution in [-0.4, -0.2) is 107 Å². The van der Waals surface area contributed by atoms with Crippen molar-refractivity contribution < 1.29 is 33.8 Å². The van der Waals surface area contributed by atoms with Crippen LogP contribution in [0.3, 0.4) is 0 Å². The van der Waals surface area contributed by atoms with Gasteiger partial charge in [0.05, 0.1) is 30.5 Å². The minimum atomic E-state index is -1.10. The number of aromatic hydroxyl groups is 1. The number of aryl methyl sites for hydroxylation is 1. The van der Waals surface area contributed by atoms with Gasteiger partial charge in [-0.3, -0.25) is 29.2 Å². The Kier molecular flexibility index (Phi) is 13.2. The number of amides is 3. The van der Waals surface area contributed by atoms with Crippen LogP contribution >= 0.6 is 0 Å². The SMILES string of the molecule is CCn1c(-c2cccnc2COC)c2c3cc(ccc31)-c1cc(O)cc(c1)C[C@H](NC(=O)C(C(C)C)N(C)C(=O)[C@H]1CCNC1)C(=O)N1CCC[C@H](N1)C(=O)OCC(C)(C)C2. The quantitative estimate of drug-likeness (QED) is 0.169. The first-order valence-electron chi connectivity index (χ1n) is 21.6. The summed E-state index contributed by atoms with van der Waals surface area (Å²) in [5.41, 5.74) is 9.74. The molecule has 0 aliphatic carbocycles. The van der Waals surface area contributed by atoms with Crippen LogP contribution in [0, 0.1) is 17.3 Å². The second kappa shape index (κ2) is 18.3. The number of hydrogen-bond donors (Lipinski definition) is 4. The van der Waals surface area contributed by atoms with Gasteiger partial charge in [-0.05, 0) is 104 Å². The second-order valence-electron chi connectivity index (χ2n) is 18.0. The molecule has 2 aromatic carbocycles. The molecule has 4 N–H and O–H groups in total. The van der Waals surface area contributed by atoms with Gasteiger partial charge in [0.15, 0.2) is 0 Å². The highest BCUT2D eigenvalue weighted by molar-refractivity contribution is 5.96. The first kappa shape index (κ1) is 43.8. The third-order valence-corrected chi connectivity index (χ3v) is 12.3. The molecule has 0 saturated carbocycles. The highest BCUT2D eigenvalue weighted by Crippen LogP contribution is 2.41. The average Bonchev–Trinajstić information content (AvgIpc) is 3.88. The zero-order valence-electron chi connectivity index (χ0n) is 36.5. The van der Waals surface area contributed by atoms with Crippen molar-refractivity contribution in [2.24, 2.45) is 17.3 Å². The Balaban J connectivity index is 1.34. The maximum atomic E-state index is 14.6. The summed E-state index contributed by atoms with van der Waals surface area (Å²) in [5, 5.41) is 19.9. The molecule has 3 aliphatic rings. The van der Waals surface area contributed by atoms with E-state index in [1.165, 1.54) is 9.91 Å². The van der Waals surface area contributed by atoms with Crippen LogP contribution in [-0.2, 0) is 54.6 Å². The van der Waals surface area contributed by atoms with Gasteiger partial charge < -0.3 is 34.7 Å². The Labute approximate surface area is 358 Å². The number of cyclic esters (lactones) is 1. The van der Waals surface area contributed by atoms with Crippen molar-refractivity contribution in [3.63, 3.8) is 0 Å². The van der Waals surface area contributed by atoms with Crippen molar-refractivity contribution >= 4 is 34.6 Å². The molecule has 3 aliphatic heterocycles. The number of likely N-dealkylation sites (N-methyl/N-ethyl adjacent to an activating group) is 1. The lowest BCUT2D eigenvalue weighted by Crippen LogP contribution is -2.62. The average molecular weight is 836 g/mol. The van der Waals surface area contributed by atoms with Gasteiger partial charge in [0.25, 0.3) is 5.91 Å². The van der Waals surface area contributed by atoms with Crippen LogP contribution in [0.4, 0.5) is 0 Å². The number of pyridine rings is 1. The number of nitrogens with one attached hydrogen (secondary N) is 3. The van der Waals surface area contributed by atoms with Crippen LogP contribution in [0.5, 0.6) is 5.75 Å². The van der Waals surface area contributed by atoms with Crippen molar-refractivity contribution in [1.29, 1.82) is 0 Å². The Hall–Kier alpha value is -5.31. The maximum Gasteiger partial charge on any atom is 0.324 e. The molecular weight excluding hydrogens is 775 g/mol. The smallest absolute Gasteiger partial charge is 0.324 e. The second-order valence-corrected chi connectivity index (χ2v) is 18.0. The Morgan fingerprint density at radius 2 is 1.92 bits per heavy atom. The van der Waals surface area contributed by atoms with E-state index in [4.69, 9.17) is 14.5 Å². The molecule has 0 spiro atoms. The van der Waals surface area contributed by atoms with Crippen LogP contribution in [0.15, 0.2) is 54.7 Å². The standard InChI is InChI=1S/C47H61N7O7/c1-8-53-40-14-13-30-23-35(40)36(42(53)34-11-9-16-49-39(34)26-60-7)24-47(4,5)27-61-46(59)37-12-10-18-54(51-37)45(58)38(21-29-19-32(30)22-33(55)20-29)50-43(56)41(28(2)3)52(6)44(57)31-15-17-48-25-31/h9,11,13-14,16,19-20,22-23,28,31,37-38,41,48,51,55H,8,10,12,15,17-18,21,24-27H2,1-7H3,(H,50,56)/t31-,37-,38-,41?/m0/s1. The summed E-state index contributed by atoms with van der Waals surface area (Å²) in [6, 6.07) is 12.8. The fourth-order valence-electron chi connectivity index (χ4n) is 9.39. The lowest BCUT2D eigenvalue weighted by atomic mass is 9.84. The monoisotopic (exact) mass is 835 g/mol. The van der Waals surface area contributed by atoms with E-state index in [-0.39, 0.29) is 36.5 Å². The largest absolute Gasteiger partial charge is 0.508 e. The number of phenolic OH excluding ortho intramolecular Hbond substituents is 1. The van der Waals surface area contributed by atoms with Crippen LogP contribution in [0.2, 0.25) is 0 Å². The summed E-state index contributed by atoms with van der Waals surface area (Å²) in [4.78, 5) is 62.5. The predicted octanol–water partition coefficient (Wildman–Crippen LogP) is 4.98. The van der Waals surface area contributed by atoms with E-state index in [1.807, 2.05) is 32.0 Å². The van der Waals surface area contributed by atoms with Gasteiger partial charge in [0.1, 0.15) is 23.9 Å². The highest BCUT2D eigenvalue weighted by atomic mass is 16.5. The van der Waals surface area contributed by atoms with E-state index in [0.717, 1.165) is 51.1 Å². The number of ether oxygens (including phenoxy) is 2. The molecule has 2 aromatic heterocycles. The van der Waals surface area contributed by atoms with Gasteiger partial charge in [-0.1, -0.05) is 39.8 Å². The molecule has 326 valence electrons. The van der Waals surface area contributed by atoms with E-state index in [0.29, 0.717) is 57.5 Å². The lowest BCUT2D eigenvalue weighted by molar-refractivity contribution is -0.155. The van der Waals surface area contributed by atoms with Crippen molar-refractivity contribution in [1.82, 2.24) is 35.5 Å². The number of rotatable bonds is 9. The predicted molar refractivity (Wildman–Crippen MR) is 233 cm³/mol. The summed E-state index contributed by atoms with van der Waals surface area (Å²) < 4.78 is 14.0. The van der Waals surface area contributed by atoms with E-state index in [1.54, 1.807) is 32.5 Å². The molecule has 0 radical (unpaired) electrons. The van der Waals surface area contributed by atoms with Gasteiger partial charge >= 0.3 is 5.97 Å². The Bertz CT molecular complexity index is 2280. The number of aromatic nitrogens is 2. The molecule has 7 rings (SSSR count). The molecule has 4 atom stereocenters. The molecule has 6 bridgehead atoms. The summed E-state index contributed by atoms with van der Waals surface area (Å²) in [6.45, 7) is 12.8. The molecular formula is C47H61N7O7. The van der Waals surface area contributed by atoms with Gasteiger partial charge in [0, 0.05) is 68.3 Å². The summed E-state index contributed by atoms with van der Waals surface area (Å²) >= 11 is 0. The number of methoxy groups -OCH3 is 1. The van der Waals surface area contributed by atoms with E-state index in [2.05, 4.69) is 59.6 Å². The first-order chi connectivity index (χ1) is 29.2. The maximum absolute atomic E-state index is 14.6. The number of carbonyl (C=O) groups excluding carboxylic acids is 4. The normalized spacial score (nSPS) is 21.2. The number of fused-ring (bicyclic) bond motifs is 6. The number of hydrazine groups is 1. The van der Waals surface area contributed by atoms with Crippen molar-refractivity contribution in [2.75, 3.05) is 40.4 Å². The molecule has 2 saturated heterocycles. The van der Waals surface area contributed by atoms with Gasteiger partial charge in [-0.25, -0.2) is 5.43 Å². The molecule has 3 amide bonds. The molecule has 14 heteroatoms.